The van der Waals surface area contributed by atoms with Crippen molar-refractivity contribution in [1.29, 1.82) is 0 Å². The van der Waals surface area contributed by atoms with Crippen LogP contribution in [0.25, 0.3) is 0 Å². The molecule has 0 radical (unpaired) electrons. The third kappa shape index (κ3) is 1.82. The molecule has 1 aromatic heterocycles. The molecule has 82 valence electrons. The van der Waals surface area contributed by atoms with Gasteiger partial charge in [-0.15, -0.1) is 0 Å². The van der Waals surface area contributed by atoms with Crippen LogP contribution in [-0.2, 0) is 4.74 Å². The number of ketones is 1. The molecular weight excluding hydrogens is 194 g/mol. The van der Waals surface area contributed by atoms with E-state index in [-0.39, 0.29) is 5.78 Å². The van der Waals surface area contributed by atoms with Crippen LogP contribution >= 0.6 is 0 Å². The standard InChI is InChI=1S/C11H15NO3/c12-8-11(3-6-14-7-4-11)10(13)9-2-1-5-15-9/h1-2,5H,3-4,6-8,12H2. The van der Waals surface area contributed by atoms with Crippen LogP contribution in [0.2, 0.25) is 0 Å². The highest BCUT2D eigenvalue weighted by Gasteiger charge is 2.40. The van der Waals surface area contributed by atoms with E-state index in [2.05, 4.69) is 0 Å². The molecule has 0 amide bonds. The quantitative estimate of drug-likeness (QED) is 0.760. The van der Waals surface area contributed by atoms with Crippen molar-refractivity contribution in [2.45, 2.75) is 12.8 Å². The highest BCUT2D eigenvalue weighted by Crippen LogP contribution is 2.33. The lowest BCUT2D eigenvalue weighted by molar-refractivity contribution is 0.0184. The van der Waals surface area contributed by atoms with Crippen molar-refractivity contribution in [3.8, 4) is 0 Å². The minimum atomic E-state index is -0.476. The van der Waals surface area contributed by atoms with Gasteiger partial charge in [-0.1, -0.05) is 0 Å². The molecule has 0 atom stereocenters. The molecule has 1 saturated heterocycles. The van der Waals surface area contributed by atoms with Crippen molar-refractivity contribution in [2.24, 2.45) is 11.1 Å². The van der Waals surface area contributed by atoms with Gasteiger partial charge in [0.05, 0.1) is 11.7 Å². The topological polar surface area (TPSA) is 65.5 Å². The SMILES string of the molecule is NCC1(C(=O)c2ccco2)CCOCC1. The third-order valence-electron chi connectivity index (χ3n) is 3.07. The summed E-state index contributed by atoms with van der Waals surface area (Å²) in [6, 6.07) is 3.41. The van der Waals surface area contributed by atoms with E-state index in [1.165, 1.54) is 6.26 Å². The van der Waals surface area contributed by atoms with Crippen LogP contribution in [0.4, 0.5) is 0 Å². The Hall–Kier alpha value is -1.13. The van der Waals surface area contributed by atoms with Gasteiger partial charge >= 0.3 is 0 Å². The second kappa shape index (κ2) is 4.16. The molecule has 0 spiro atoms. The average Bonchev–Trinajstić information content (AvgIpc) is 2.82. The molecule has 0 unspecified atom stereocenters. The first kappa shape index (κ1) is 10.4. The van der Waals surface area contributed by atoms with E-state index < -0.39 is 5.41 Å². The molecule has 0 aliphatic carbocycles. The number of rotatable bonds is 3. The summed E-state index contributed by atoms with van der Waals surface area (Å²) in [6.07, 6.45) is 2.88. The molecule has 0 bridgehead atoms. The molecule has 4 nitrogen and oxygen atoms in total. The van der Waals surface area contributed by atoms with E-state index in [9.17, 15) is 4.79 Å². The molecular formula is C11H15NO3. The van der Waals surface area contributed by atoms with Gasteiger partial charge in [-0.05, 0) is 25.0 Å². The molecule has 0 saturated carbocycles. The molecule has 0 aromatic carbocycles. The summed E-state index contributed by atoms with van der Waals surface area (Å²) in [5, 5.41) is 0. The van der Waals surface area contributed by atoms with E-state index >= 15 is 0 Å². The van der Waals surface area contributed by atoms with E-state index in [1.54, 1.807) is 12.1 Å². The normalized spacial score (nSPS) is 20.1. The van der Waals surface area contributed by atoms with Crippen LogP contribution in [-0.4, -0.2) is 25.5 Å². The minimum Gasteiger partial charge on any atom is -0.461 e. The summed E-state index contributed by atoms with van der Waals surface area (Å²) in [5.41, 5.74) is 5.25. The Morgan fingerprint density at radius 2 is 2.20 bits per heavy atom. The summed E-state index contributed by atoms with van der Waals surface area (Å²) < 4.78 is 10.4. The molecule has 15 heavy (non-hydrogen) atoms. The fourth-order valence-electron chi connectivity index (χ4n) is 1.96. The minimum absolute atomic E-state index is 0.0123. The van der Waals surface area contributed by atoms with Crippen molar-refractivity contribution < 1.29 is 13.9 Å². The smallest absolute Gasteiger partial charge is 0.205 e. The van der Waals surface area contributed by atoms with Crippen LogP contribution in [0.15, 0.2) is 22.8 Å². The number of Topliss-reactive ketones (excluding diaryl/α,β-unsaturated/α-hetero) is 1. The Bertz CT molecular complexity index is 326. The van der Waals surface area contributed by atoms with E-state index in [0.29, 0.717) is 38.4 Å². The van der Waals surface area contributed by atoms with Crippen molar-refractivity contribution in [2.75, 3.05) is 19.8 Å². The first-order valence-corrected chi connectivity index (χ1v) is 5.15. The molecule has 2 rings (SSSR count). The number of carbonyl (C=O) groups is 1. The molecule has 1 aliphatic rings. The molecule has 4 heteroatoms. The first-order chi connectivity index (χ1) is 7.28. The fraction of sp³-hybridized carbons (Fsp3) is 0.545. The summed E-state index contributed by atoms with van der Waals surface area (Å²) in [4.78, 5) is 12.2. The van der Waals surface area contributed by atoms with E-state index in [1.807, 2.05) is 0 Å². The summed E-state index contributed by atoms with van der Waals surface area (Å²) in [6.45, 7) is 1.56. The Labute approximate surface area is 88.4 Å². The van der Waals surface area contributed by atoms with Crippen molar-refractivity contribution >= 4 is 5.78 Å². The summed E-state index contributed by atoms with van der Waals surface area (Å²) in [5.74, 6) is 0.417. The summed E-state index contributed by atoms with van der Waals surface area (Å²) >= 11 is 0. The highest BCUT2D eigenvalue weighted by atomic mass is 16.5. The average molecular weight is 209 g/mol. The number of furan rings is 1. The Morgan fingerprint density at radius 1 is 1.47 bits per heavy atom. The van der Waals surface area contributed by atoms with Crippen LogP contribution in [0.3, 0.4) is 0 Å². The molecule has 1 fully saturated rings. The number of nitrogens with two attached hydrogens (primary N) is 1. The number of ether oxygens (including phenoxy) is 1. The fourth-order valence-corrected chi connectivity index (χ4v) is 1.96. The largest absolute Gasteiger partial charge is 0.461 e. The van der Waals surface area contributed by atoms with Gasteiger partial charge in [0.15, 0.2) is 5.76 Å². The Morgan fingerprint density at radius 3 is 2.73 bits per heavy atom. The first-order valence-electron chi connectivity index (χ1n) is 5.15. The molecule has 1 aromatic rings. The van der Waals surface area contributed by atoms with Gasteiger partial charge in [0.25, 0.3) is 0 Å². The van der Waals surface area contributed by atoms with Crippen molar-refractivity contribution in [1.82, 2.24) is 0 Å². The number of hydrogen-bond donors (Lipinski definition) is 1. The lowest BCUT2D eigenvalue weighted by Crippen LogP contribution is -2.43. The van der Waals surface area contributed by atoms with Crippen molar-refractivity contribution in [3.63, 3.8) is 0 Å². The summed E-state index contributed by atoms with van der Waals surface area (Å²) in [7, 11) is 0. The predicted octanol–water partition coefficient (Wildman–Crippen LogP) is 1.22. The van der Waals surface area contributed by atoms with E-state index in [4.69, 9.17) is 14.9 Å². The van der Waals surface area contributed by atoms with Gasteiger partial charge < -0.3 is 14.9 Å². The molecule has 1 aliphatic heterocycles. The Balaban J connectivity index is 2.22. The van der Waals surface area contributed by atoms with Crippen LogP contribution in [0.1, 0.15) is 23.4 Å². The van der Waals surface area contributed by atoms with Crippen molar-refractivity contribution in [3.05, 3.63) is 24.2 Å². The van der Waals surface area contributed by atoms with Gasteiger partial charge in [-0.25, -0.2) is 0 Å². The zero-order valence-electron chi connectivity index (χ0n) is 8.57. The second-order valence-corrected chi connectivity index (χ2v) is 3.90. The van der Waals surface area contributed by atoms with Gasteiger partial charge in [-0.2, -0.15) is 0 Å². The predicted molar refractivity (Wildman–Crippen MR) is 54.6 cm³/mol. The van der Waals surface area contributed by atoms with Crippen LogP contribution < -0.4 is 5.73 Å². The number of hydrogen-bond acceptors (Lipinski definition) is 4. The van der Waals surface area contributed by atoms with Crippen LogP contribution in [0, 0.1) is 5.41 Å². The number of carbonyl (C=O) groups excluding carboxylic acids is 1. The lowest BCUT2D eigenvalue weighted by atomic mass is 9.75. The maximum Gasteiger partial charge on any atom is 0.205 e. The lowest BCUT2D eigenvalue weighted by Gasteiger charge is -2.33. The molecule has 2 N–H and O–H groups in total. The Kier molecular flexibility index (Phi) is 2.88. The van der Waals surface area contributed by atoms with E-state index in [0.717, 1.165) is 0 Å². The molecule has 2 heterocycles. The monoisotopic (exact) mass is 209 g/mol. The van der Waals surface area contributed by atoms with Gasteiger partial charge in [0, 0.05) is 19.8 Å². The maximum absolute atomic E-state index is 12.2. The zero-order valence-corrected chi connectivity index (χ0v) is 8.57. The van der Waals surface area contributed by atoms with Gasteiger partial charge in [-0.3, -0.25) is 4.79 Å². The van der Waals surface area contributed by atoms with Crippen LogP contribution in [0.5, 0.6) is 0 Å². The second-order valence-electron chi connectivity index (χ2n) is 3.90. The highest BCUT2D eigenvalue weighted by molar-refractivity contribution is 5.98. The zero-order chi connectivity index (χ0) is 10.7. The van der Waals surface area contributed by atoms with Gasteiger partial charge in [0.1, 0.15) is 0 Å². The van der Waals surface area contributed by atoms with Gasteiger partial charge in [0.2, 0.25) is 5.78 Å². The maximum atomic E-state index is 12.2. The third-order valence-corrected chi connectivity index (χ3v) is 3.07.